The maximum absolute atomic E-state index is 13.8. The van der Waals surface area contributed by atoms with Crippen LogP contribution in [0.4, 0.5) is 0 Å². The van der Waals surface area contributed by atoms with E-state index in [1.807, 2.05) is 43.4 Å². The van der Waals surface area contributed by atoms with Gasteiger partial charge in [0.25, 0.3) is 11.8 Å². The molecule has 2 aliphatic rings. The van der Waals surface area contributed by atoms with Crippen LogP contribution in [0.1, 0.15) is 85.6 Å². The highest BCUT2D eigenvalue weighted by molar-refractivity contribution is 5.97. The van der Waals surface area contributed by atoms with Crippen molar-refractivity contribution >= 4 is 11.8 Å². The van der Waals surface area contributed by atoms with Gasteiger partial charge in [-0.2, -0.15) is 0 Å². The molecule has 1 saturated carbocycles. The quantitative estimate of drug-likeness (QED) is 0.548. The Morgan fingerprint density at radius 2 is 1.59 bits per heavy atom. The molecule has 0 spiro atoms. The molecule has 5 nitrogen and oxygen atoms in total. The van der Waals surface area contributed by atoms with Gasteiger partial charge in [0, 0.05) is 25.7 Å². The maximum atomic E-state index is 13.8. The molecule has 182 valence electrons. The largest absolute Gasteiger partial charge is 0.487 e. The number of carbonyl (C=O) groups excluding carboxylic acids is 2. The zero-order valence-electron chi connectivity index (χ0n) is 21.0. The van der Waals surface area contributed by atoms with E-state index in [4.69, 9.17) is 4.74 Å². The molecule has 34 heavy (non-hydrogen) atoms. The van der Waals surface area contributed by atoms with Crippen molar-refractivity contribution in [1.82, 2.24) is 9.80 Å². The van der Waals surface area contributed by atoms with Crippen molar-refractivity contribution in [1.29, 1.82) is 0 Å². The topological polar surface area (TPSA) is 49.9 Å². The number of amides is 2. The molecule has 0 N–H and O–H groups in total. The Labute approximate surface area is 204 Å². The van der Waals surface area contributed by atoms with Crippen LogP contribution >= 0.6 is 0 Å². The van der Waals surface area contributed by atoms with Crippen LogP contribution in [-0.4, -0.2) is 53.9 Å². The van der Waals surface area contributed by atoms with Gasteiger partial charge in [0.1, 0.15) is 11.9 Å². The number of ether oxygens (including phenoxy) is 1. The zero-order chi connectivity index (χ0) is 24.3. The van der Waals surface area contributed by atoms with Gasteiger partial charge in [-0.3, -0.25) is 9.59 Å². The normalized spacial score (nSPS) is 22.1. The fourth-order valence-electron chi connectivity index (χ4n) is 5.12. The van der Waals surface area contributed by atoms with Gasteiger partial charge < -0.3 is 14.5 Å². The molecule has 1 aliphatic carbocycles. The molecule has 5 heteroatoms. The van der Waals surface area contributed by atoms with E-state index in [9.17, 15) is 9.59 Å². The summed E-state index contributed by atoms with van der Waals surface area (Å²) in [4.78, 5) is 30.7. The highest BCUT2D eigenvalue weighted by Gasteiger charge is 2.36. The number of fused-ring (bicyclic) bond motifs is 2. The third-order valence-corrected chi connectivity index (χ3v) is 7.21. The van der Waals surface area contributed by atoms with Crippen molar-refractivity contribution in [2.24, 2.45) is 0 Å². The van der Waals surface area contributed by atoms with Crippen molar-refractivity contribution in [2.45, 2.75) is 76.9 Å². The number of hydrogen-bond acceptors (Lipinski definition) is 3. The van der Waals surface area contributed by atoms with E-state index in [2.05, 4.69) is 37.8 Å². The van der Waals surface area contributed by atoms with E-state index < -0.39 is 0 Å². The summed E-state index contributed by atoms with van der Waals surface area (Å²) in [5.41, 5.74) is 2.61. The van der Waals surface area contributed by atoms with Crippen LogP contribution in [0.15, 0.2) is 48.5 Å². The van der Waals surface area contributed by atoms with E-state index in [-0.39, 0.29) is 29.4 Å². The molecule has 1 aliphatic heterocycles. The standard InChI is InChI=1S/C29H38N2O3/c1-29(2,3)22-17-15-21(16-18-22)27(32)31-20-10-9-19-30(4)28(33)23-11-5-7-13-25(23)34-26-14-8-6-12-24(26)31/h5,7,11,13,15-18,24,26H,6,8-10,12,14,19-20H2,1-4H3/t24-,26+/m1/s1. The molecule has 0 radical (unpaired) electrons. The lowest BCUT2D eigenvalue weighted by Gasteiger charge is -2.40. The second-order valence-electron chi connectivity index (χ2n) is 10.8. The molecule has 0 aromatic heterocycles. The first kappa shape index (κ1) is 24.3. The van der Waals surface area contributed by atoms with Gasteiger partial charge in [-0.1, -0.05) is 51.5 Å². The molecule has 2 aromatic carbocycles. The van der Waals surface area contributed by atoms with Crippen LogP contribution in [0.3, 0.4) is 0 Å². The lowest BCUT2D eigenvalue weighted by Crippen LogP contribution is -2.51. The first-order valence-corrected chi connectivity index (χ1v) is 12.7. The Hall–Kier alpha value is -2.82. The monoisotopic (exact) mass is 462 g/mol. The zero-order valence-corrected chi connectivity index (χ0v) is 21.0. The van der Waals surface area contributed by atoms with Crippen LogP contribution in [0.2, 0.25) is 0 Å². The smallest absolute Gasteiger partial charge is 0.257 e. The number of benzene rings is 2. The Kier molecular flexibility index (Phi) is 7.30. The van der Waals surface area contributed by atoms with Crippen molar-refractivity contribution in [3.63, 3.8) is 0 Å². The van der Waals surface area contributed by atoms with Gasteiger partial charge in [0.2, 0.25) is 0 Å². The summed E-state index contributed by atoms with van der Waals surface area (Å²) in [6.07, 6.45) is 5.55. The van der Waals surface area contributed by atoms with Gasteiger partial charge in [0.05, 0.1) is 11.6 Å². The molecular formula is C29H38N2O3. The fourth-order valence-corrected chi connectivity index (χ4v) is 5.12. The Balaban J connectivity index is 1.66. The second kappa shape index (κ2) is 10.2. The Morgan fingerprint density at radius 3 is 2.32 bits per heavy atom. The van der Waals surface area contributed by atoms with Crippen molar-refractivity contribution in [3.05, 3.63) is 65.2 Å². The minimum atomic E-state index is -0.120. The van der Waals surface area contributed by atoms with Gasteiger partial charge in [-0.15, -0.1) is 0 Å². The number of rotatable bonds is 1. The average molecular weight is 463 g/mol. The third-order valence-electron chi connectivity index (χ3n) is 7.21. The van der Waals surface area contributed by atoms with Crippen molar-refractivity contribution < 1.29 is 14.3 Å². The van der Waals surface area contributed by atoms with E-state index in [0.29, 0.717) is 24.4 Å². The lowest BCUT2D eigenvalue weighted by molar-refractivity contribution is 0.0261. The van der Waals surface area contributed by atoms with Gasteiger partial charge in [0.15, 0.2) is 0 Å². The molecule has 4 rings (SSSR count). The molecular weight excluding hydrogens is 424 g/mol. The molecule has 1 heterocycles. The van der Waals surface area contributed by atoms with Crippen LogP contribution in [0, 0.1) is 0 Å². The highest BCUT2D eigenvalue weighted by atomic mass is 16.5. The maximum Gasteiger partial charge on any atom is 0.257 e. The summed E-state index contributed by atoms with van der Waals surface area (Å²) in [5, 5.41) is 0. The summed E-state index contributed by atoms with van der Waals surface area (Å²) >= 11 is 0. The van der Waals surface area contributed by atoms with Gasteiger partial charge in [-0.25, -0.2) is 0 Å². The number of nitrogens with zero attached hydrogens (tertiary/aromatic N) is 2. The molecule has 0 saturated heterocycles. The van der Waals surface area contributed by atoms with E-state index >= 15 is 0 Å². The SMILES string of the molecule is CN1CCCCN(C(=O)c2ccc(C(C)(C)C)cc2)[C@@H]2CCCC[C@@H]2Oc2ccccc2C1=O. The van der Waals surface area contributed by atoms with Crippen molar-refractivity contribution in [3.8, 4) is 5.75 Å². The number of hydrogen-bond donors (Lipinski definition) is 0. The third kappa shape index (κ3) is 5.29. The first-order valence-electron chi connectivity index (χ1n) is 12.7. The highest BCUT2D eigenvalue weighted by Crippen LogP contribution is 2.31. The molecule has 0 unspecified atom stereocenters. The fraction of sp³-hybridized carbons (Fsp3) is 0.517. The minimum absolute atomic E-state index is 0.00357. The molecule has 2 atom stereocenters. The summed E-state index contributed by atoms with van der Waals surface area (Å²) in [7, 11) is 1.84. The summed E-state index contributed by atoms with van der Waals surface area (Å²) in [5.74, 6) is 0.699. The van der Waals surface area contributed by atoms with Crippen LogP contribution in [0.5, 0.6) is 5.75 Å². The van der Waals surface area contributed by atoms with E-state index in [0.717, 1.165) is 44.1 Å². The predicted molar refractivity (Wildman–Crippen MR) is 135 cm³/mol. The number of carbonyl (C=O) groups is 2. The number of para-hydroxylation sites is 1. The van der Waals surface area contributed by atoms with E-state index in [1.54, 1.807) is 4.90 Å². The van der Waals surface area contributed by atoms with E-state index in [1.165, 1.54) is 5.56 Å². The first-order chi connectivity index (χ1) is 16.3. The van der Waals surface area contributed by atoms with Crippen LogP contribution in [-0.2, 0) is 5.41 Å². The molecule has 1 fully saturated rings. The Bertz CT molecular complexity index is 1010. The van der Waals surface area contributed by atoms with Crippen LogP contribution < -0.4 is 4.74 Å². The minimum Gasteiger partial charge on any atom is -0.487 e. The van der Waals surface area contributed by atoms with Gasteiger partial charge >= 0.3 is 0 Å². The Morgan fingerprint density at radius 1 is 0.912 bits per heavy atom. The second-order valence-corrected chi connectivity index (χ2v) is 10.8. The summed E-state index contributed by atoms with van der Waals surface area (Å²) in [6, 6.07) is 15.6. The molecule has 0 bridgehead atoms. The molecule has 2 amide bonds. The lowest BCUT2D eigenvalue weighted by atomic mass is 9.86. The summed E-state index contributed by atoms with van der Waals surface area (Å²) < 4.78 is 6.53. The van der Waals surface area contributed by atoms with Crippen molar-refractivity contribution in [2.75, 3.05) is 20.1 Å². The summed E-state index contributed by atoms with van der Waals surface area (Å²) in [6.45, 7) is 7.88. The van der Waals surface area contributed by atoms with Crippen LogP contribution in [0.25, 0.3) is 0 Å². The predicted octanol–water partition coefficient (Wildman–Crippen LogP) is 5.68. The molecule has 2 aromatic rings. The van der Waals surface area contributed by atoms with Gasteiger partial charge in [-0.05, 0) is 67.3 Å². The average Bonchev–Trinajstić information content (AvgIpc) is 2.83.